The van der Waals surface area contributed by atoms with Crippen LogP contribution in [0.25, 0.3) is 15.2 Å². The van der Waals surface area contributed by atoms with Crippen LogP contribution in [0.15, 0.2) is 58.4 Å². The second-order valence-corrected chi connectivity index (χ2v) is 6.89. The predicted octanol–water partition coefficient (Wildman–Crippen LogP) is 3.98. The molecule has 0 fully saturated rings. The molecule has 0 saturated carbocycles. The van der Waals surface area contributed by atoms with E-state index in [-0.39, 0.29) is 18.0 Å². The molecule has 0 radical (unpaired) electrons. The van der Waals surface area contributed by atoms with Gasteiger partial charge in [-0.05, 0) is 42.8 Å². The number of hydrogen-bond acceptors (Lipinski definition) is 6. The number of thiazole rings is 1. The lowest BCUT2D eigenvalue weighted by molar-refractivity contribution is 0.0523. The second kappa shape index (κ2) is 7.32. The highest BCUT2D eigenvalue weighted by Crippen LogP contribution is 2.27. The molecule has 0 spiro atoms. The Bertz CT molecular complexity index is 1280. The monoisotopic (exact) mass is 395 g/mol. The Hall–Kier alpha value is -3.39. The zero-order valence-corrected chi connectivity index (χ0v) is 15.6. The zero-order valence-electron chi connectivity index (χ0n) is 14.8. The fourth-order valence-electron chi connectivity index (χ4n) is 2.72. The summed E-state index contributed by atoms with van der Waals surface area (Å²) in [5, 5.41) is 0. The number of rotatable bonds is 4. The molecule has 0 unspecified atom stereocenters. The van der Waals surface area contributed by atoms with Crippen molar-refractivity contribution in [1.82, 2.24) is 9.38 Å². The first-order valence-electron chi connectivity index (χ1n) is 8.48. The minimum Gasteiger partial charge on any atom is -0.462 e. The van der Waals surface area contributed by atoms with Crippen LogP contribution in [0.1, 0.15) is 22.8 Å². The molecule has 140 valence electrons. The summed E-state index contributed by atoms with van der Waals surface area (Å²) in [7, 11) is 0. The highest BCUT2D eigenvalue weighted by atomic mass is 32.1. The van der Waals surface area contributed by atoms with Gasteiger partial charge in [0.1, 0.15) is 11.4 Å². The van der Waals surface area contributed by atoms with Crippen LogP contribution in [0.4, 0.5) is 10.1 Å². The number of benzene rings is 2. The lowest BCUT2D eigenvalue weighted by Gasteiger charge is -2.02. The fourth-order valence-corrected chi connectivity index (χ4v) is 3.68. The molecule has 2 aromatic carbocycles. The summed E-state index contributed by atoms with van der Waals surface area (Å²) in [5.41, 5.74) is 1.39. The van der Waals surface area contributed by atoms with E-state index in [2.05, 4.69) is 9.98 Å². The van der Waals surface area contributed by atoms with Crippen LogP contribution in [-0.4, -0.2) is 28.2 Å². The number of hydrogen-bond donors (Lipinski definition) is 0. The van der Waals surface area contributed by atoms with Crippen molar-refractivity contribution < 1.29 is 13.9 Å². The second-order valence-electron chi connectivity index (χ2n) is 5.88. The molecular formula is C20H14FN3O3S. The minimum atomic E-state index is -0.695. The molecule has 0 amide bonds. The maximum Gasteiger partial charge on any atom is 0.345 e. The molecule has 0 bridgehead atoms. The lowest BCUT2D eigenvalue weighted by atomic mass is 10.2. The van der Waals surface area contributed by atoms with Crippen LogP contribution in [0.2, 0.25) is 0 Å². The third-order valence-electron chi connectivity index (χ3n) is 4.04. The van der Waals surface area contributed by atoms with Crippen LogP contribution in [0.5, 0.6) is 0 Å². The molecular weight excluding hydrogens is 381 g/mol. The lowest BCUT2D eigenvalue weighted by Crippen LogP contribution is -2.23. The Labute approximate surface area is 162 Å². The van der Waals surface area contributed by atoms with E-state index in [1.54, 1.807) is 31.3 Å². The average molecular weight is 395 g/mol. The number of fused-ring (bicyclic) bond motifs is 3. The topological polar surface area (TPSA) is 73.0 Å². The van der Waals surface area contributed by atoms with Crippen molar-refractivity contribution in [2.24, 2.45) is 4.99 Å². The van der Waals surface area contributed by atoms with Gasteiger partial charge in [-0.2, -0.15) is 0 Å². The molecule has 4 rings (SSSR count). The molecule has 4 aromatic rings. The van der Waals surface area contributed by atoms with Crippen LogP contribution in [0.3, 0.4) is 0 Å². The van der Waals surface area contributed by atoms with Gasteiger partial charge in [-0.25, -0.2) is 14.2 Å². The van der Waals surface area contributed by atoms with E-state index in [0.717, 1.165) is 10.3 Å². The van der Waals surface area contributed by atoms with Crippen molar-refractivity contribution in [3.63, 3.8) is 0 Å². The summed E-state index contributed by atoms with van der Waals surface area (Å²) < 4.78 is 20.2. The number of ether oxygens (including phenoxy) is 1. The molecule has 0 saturated heterocycles. The number of carbonyl (C=O) groups excluding carboxylic acids is 1. The number of nitrogens with zero attached hydrogens (tertiary/aromatic N) is 3. The van der Waals surface area contributed by atoms with Gasteiger partial charge in [-0.15, -0.1) is 0 Å². The van der Waals surface area contributed by atoms with E-state index in [0.29, 0.717) is 16.2 Å². The fraction of sp³-hybridized carbons (Fsp3) is 0.100. The third-order valence-corrected chi connectivity index (χ3v) is 5.08. The predicted molar refractivity (Wildman–Crippen MR) is 106 cm³/mol. The first-order valence-corrected chi connectivity index (χ1v) is 9.29. The van der Waals surface area contributed by atoms with Gasteiger partial charge < -0.3 is 4.74 Å². The Morgan fingerprint density at radius 3 is 2.82 bits per heavy atom. The van der Waals surface area contributed by atoms with E-state index in [1.165, 1.54) is 34.1 Å². The van der Waals surface area contributed by atoms with Crippen LogP contribution in [0, 0.1) is 5.82 Å². The van der Waals surface area contributed by atoms with Crippen molar-refractivity contribution >= 4 is 44.4 Å². The number of aromatic nitrogens is 2. The number of aliphatic imine (C=N–C) groups is 1. The Kier molecular flexibility index (Phi) is 4.70. The number of esters is 1. The Morgan fingerprint density at radius 2 is 2.07 bits per heavy atom. The van der Waals surface area contributed by atoms with Gasteiger partial charge in [0.15, 0.2) is 4.96 Å². The first-order chi connectivity index (χ1) is 13.6. The third kappa shape index (κ3) is 3.29. The molecule has 8 heteroatoms. The first kappa shape index (κ1) is 18.0. The number of halogens is 1. The quantitative estimate of drug-likeness (QED) is 0.387. The van der Waals surface area contributed by atoms with Crippen LogP contribution < -0.4 is 5.56 Å². The Balaban J connectivity index is 1.80. The van der Waals surface area contributed by atoms with Crippen molar-refractivity contribution in [1.29, 1.82) is 0 Å². The molecule has 0 atom stereocenters. The summed E-state index contributed by atoms with van der Waals surface area (Å²) in [4.78, 5) is 33.9. The highest BCUT2D eigenvalue weighted by Gasteiger charge is 2.17. The maximum absolute atomic E-state index is 13.0. The van der Waals surface area contributed by atoms with E-state index in [1.807, 2.05) is 12.1 Å². The molecule has 6 nitrogen and oxygen atoms in total. The maximum atomic E-state index is 13.0. The molecule has 0 aliphatic heterocycles. The van der Waals surface area contributed by atoms with Gasteiger partial charge in [-0.1, -0.05) is 23.5 Å². The van der Waals surface area contributed by atoms with Crippen molar-refractivity contribution in [2.45, 2.75) is 6.92 Å². The van der Waals surface area contributed by atoms with E-state index in [4.69, 9.17) is 4.74 Å². The van der Waals surface area contributed by atoms with Crippen molar-refractivity contribution in [3.05, 3.63) is 76.0 Å². The van der Waals surface area contributed by atoms with Gasteiger partial charge in [0, 0.05) is 6.21 Å². The van der Waals surface area contributed by atoms with Crippen molar-refractivity contribution in [2.75, 3.05) is 6.61 Å². The van der Waals surface area contributed by atoms with Crippen LogP contribution in [-0.2, 0) is 4.74 Å². The summed E-state index contributed by atoms with van der Waals surface area (Å²) in [6.45, 7) is 1.85. The van der Waals surface area contributed by atoms with E-state index in [9.17, 15) is 14.0 Å². The largest absolute Gasteiger partial charge is 0.462 e. The number of carbonyl (C=O) groups is 1. The molecule has 0 aliphatic rings. The highest BCUT2D eigenvalue weighted by molar-refractivity contribution is 7.23. The molecule has 0 N–H and O–H groups in total. The molecule has 2 heterocycles. The summed E-state index contributed by atoms with van der Waals surface area (Å²) >= 11 is 1.34. The normalized spacial score (nSPS) is 11.5. The van der Waals surface area contributed by atoms with Gasteiger partial charge in [-0.3, -0.25) is 14.2 Å². The Morgan fingerprint density at radius 1 is 1.29 bits per heavy atom. The van der Waals surface area contributed by atoms with Crippen LogP contribution >= 0.6 is 11.3 Å². The molecule has 0 aliphatic carbocycles. The standard InChI is InChI=1S/C20H14FN3O3S/c1-2-27-19(26)15-11-23-20-24(18(15)25)16-9-14(7-8-17(16)28-20)22-10-12-3-5-13(21)6-4-12/h3-11H,2H2,1H3. The van der Waals surface area contributed by atoms with Gasteiger partial charge in [0.25, 0.3) is 5.56 Å². The SMILES string of the molecule is CCOC(=O)c1cnc2sc3ccc(N=Cc4ccc(F)cc4)cc3n2c1=O. The van der Waals surface area contributed by atoms with E-state index < -0.39 is 11.5 Å². The summed E-state index contributed by atoms with van der Waals surface area (Å²) in [6.07, 6.45) is 2.86. The van der Waals surface area contributed by atoms with Crippen molar-refractivity contribution in [3.8, 4) is 0 Å². The molecule has 28 heavy (non-hydrogen) atoms. The smallest absolute Gasteiger partial charge is 0.345 e. The van der Waals surface area contributed by atoms with E-state index >= 15 is 0 Å². The summed E-state index contributed by atoms with van der Waals surface area (Å²) in [5.74, 6) is -1.01. The minimum absolute atomic E-state index is 0.112. The molecule has 2 aromatic heterocycles. The van der Waals surface area contributed by atoms with Gasteiger partial charge in [0.05, 0.1) is 28.7 Å². The zero-order chi connectivity index (χ0) is 19.7. The average Bonchev–Trinajstić information content (AvgIpc) is 3.06. The summed E-state index contributed by atoms with van der Waals surface area (Å²) in [6, 6.07) is 11.4. The van der Waals surface area contributed by atoms with Gasteiger partial charge >= 0.3 is 5.97 Å². The van der Waals surface area contributed by atoms with Gasteiger partial charge in [0.2, 0.25) is 0 Å².